The molecule has 0 radical (unpaired) electrons. The average Bonchev–Trinajstić information content (AvgIpc) is 2.90. The summed E-state index contributed by atoms with van der Waals surface area (Å²) >= 11 is 0. The molecule has 1 aliphatic heterocycles. The predicted molar refractivity (Wildman–Crippen MR) is 94.8 cm³/mol. The normalized spacial score (nSPS) is 14.1. The van der Waals surface area contributed by atoms with Crippen molar-refractivity contribution >= 4 is 15.7 Å². The van der Waals surface area contributed by atoms with E-state index in [1.165, 1.54) is 0 Å². The molecule has 1 heterocycles. The van der Waals surface area contributed by atoms with E-state index in [-0.39, 0.29) is 11.0 Å². The Bertz CT molecular complexity index is 847. The molecule has 3 rings (SSSR count). The van der Waals surface area contributed by atoms with Crippen LogP contribution in [0.2, 0.25) is 0 Å². The lowest BCUT2D eigenvalue weighted by Crippen LogP contribution is -2.20. The zero-order valence-corrected chi connectivity index (χ0v) is 14.7. The number of rotatable bonds is 5. The van der Waals surface area contributed by atoms with Crippen LogP contribution in [0.3, 0.4) is 0 Å². The van der Waals surface area contributed by atoms with Gasteiger partial charge < -0.3 is 9.64 Å². The van der Waals surface area contributed by atoms with Gasteiger partial charge in [0.25, 0.3) is 0 Å². The zero-order chi connectivity index (χ0) is 17.3. The topological polar surface area (TPSA) is 72.6 Å². The standard InChI is InChI=1S/C18H22N2O3S/c1-13(2)23-18-6-4-3-5-15(18)12-20-10-9-14-11-16(24(19,21)22)7-8-17(14)20/h3-8,11,13H,9-10,12H2,1-2H3,(H2,19,21,22). The minimum atomic E-state index is -3.66. The minimum Gasteiger partial charge on any atom is -0.491 e. The third-order valence-corrected chi connectivity index (χ3v) is 4.98. The fraction of sp³-hybridized carbons (Fsp3) is 0.333. The van der Waals surface area contributed by atoms with Gasteiger partial charge in [-0.05, 0) is 50.1 Å². The predicted octanol–water partition coefficient (Wildman–Crippen LogP) is 2.68. The summed E-state index contributed by atoms with van der Waals surface area (Å²) < 4.78 is 28.9. The third kappa shape index (κ3) is 3.55. The maximum Gasteiger partial charge on any atom is 0.238 e. The lowest BCUT2D eigenvalue weighted by molar-refractivity contribution is 0.240. The lowest BCUT2D eigenvalue weighted by Gasteiger charge is -2.22. The smallest absolute Gasteiger partial charge is 0.238 e. The number of nitrogens with zero attached hydrogens (tertiary/aromatic N) is 1. The molecule has 0 aliphatic carbocycles. The Labute approximate surface area is 143 Å². The number of sulfonamides is 1. The number of benzene rings is 2. The van der Waals surface area contributed by atoms with Crippen molar-refractivity contribution < 1.29 is 13.2 Å². The average molecular weight is 346 g/mol. The van der Waals surface area contributed by atoms with Gasteiger partial charge in [0.15, 0.2) is 0 Å². The molecule has 0 saturated carbocycles. The van der Waals surface area contributed by atoms with Crippen LogP contribution < -0.4 is 14.8 Å². The molecule has 0 unspecified atom stereocenters. The first-order valence-electron chi connectivity index (χ1n) is 8.00. The number of fused-ring (bicyclic) bond motifs is 1. The quantitative estimate of drug-likeness (QED) is 0.903. The molecule has 6 heteroatoms. The highest BCUT2D eigenvalue weighted by molar-refractivity contribution is 7.89. The largest absolute Gasteiger partial charge is 0.491 e. The second-order valence-electron chi connectivity index (χ2n) is 6.28. The summed E-state index contributed by atoms with van der Waals surface area (Å²) in [6.07, 6.45) is 0.931. The number of para-hydroxylation sites is 1. The van der Waals surface area contributed by atoms with Crippen LogP contribution in [0.4, 0.5) is 5.69 Å². The van der Waals surface area contributed by atoms with Crippen LogP contribution >= 0.6 is 0 Å². The summed E-state index contributed by atoms with van der Waals surface area (Å²) in [5.41, 5.74) is 3.19. The SMILES string of the molecule is CC(C)Oc1ccccc1CN1CCc2cc(S(N)(=O)=O)ccc21. The first-order chi connectivity index (χ1) is 11.3. The fourth-order valence-corrected chi connectivity index (χ4v) is 3.56. The molecule has 0 saturated heterocycles. The van der Waals surface area contributed by atoms with Crippen molar-refractivity contribution in [3.05, 3.63) is 53.6 Å². The number of hydrogen-bond donors (Lipinski definition) is 1. The molecular formula is C18H22N2O3S. The first-order valence-corrected chi connectivity index (χ1v) is 9.54. The first kappa shape index (κ1) is 16.8. The maximum absolute atomic E-state index is 11.5. The van der Waals surface area contributed by atoms with Gasteiger partial charge in [0, 0.05) is 24.3 Å². The summed E-state index contributed by atoms with van der Waals surface area (Å²) in [6.45, 7) is 5.59. The monoisotopic (exact) mass is 346 g/mol. The van der Waals surface area contributed by atoms with Crippen molar-refractivity contribution in [3.8, 4) is 5.75 Å². The highest BCUT2D eigenvalue weighted by atomic mass is 32.2. The summed E-state index contributed by atoms with van der Waals surface area (Å²) in [7, 11) is -3.66. The minimum absolute atomic E-state index is 0.120. The Morgan fingerprint density at radius 2 is 1.96 bits per heavy atom. The van der Waals surface area contributed by atoms with E-state index in [1.54, 1.807) is 12.1 Å². The molecule has 0 amide bonds. The second kappa shape index (κ2) is 6.45. The van der Waals surface area contributed by atoms with Crippen molar-refractivity contribution in [2.75, 3.05) is 11.4 Å². The van der Waals surface area contributed by atoms with Crippen LogP contribution in [0.5, 0.6) is 5.75 Å². The van der Waals surface area contributed by atoms with Crippen molar-refractivity contribution in [3.63, 3.8) is 0 Å². The van der Waals surface area contributed by atoms with Crippen LogP contribution in [0.15, 0.2) is 47.4 Å². The van der Waals surface area contributed by atoms with E-state index in [0.717, 1.165) is 42.1 Å². The molecule has 0 atom stereocenters. The van der Waals surface area contributed by atoms with Gasteiger partial charge >= 0.3 is 0 Å². The van der Waals surface area contributed by atoms with Crippen molar-refractivity contribution in [1.82, 2.24) is 0 Å². The molecule has 2 aromatic rings. The van der Waals surface area contributed by atoms with E-state index >= 15 is 0 Å². The number of anilines is 1. The lowest BCUT2D eigenvalue weighted by atomic mass is 10.1. The van der Waals surface area contributed by atoms with Crippen LogP contribution in [-0.4, -0.2) is 21.1 Å². The second-order valence-corrected chi connectivity index (χ2v) is 7.84. The van der Waals surface area contributed by atoms with Crippen LogP contribution in [-0.2, 0) is 23.0 Å². The summed E-state index contributed by atoms with van der Waals surface area (Å²) in [5, 5.41) is 5.22. The Balaban J connectivity index is 1.86. The summed E-state index contributed by atoms with van der Waals surface area (Å²) in [5.74, 6) is 0.891. The molecule has 0 spiro atoms. The van der Waals surface area contributed by atoms with Gasteiger partial charge in [-0.3, -0.25) is 0 Å². The van der Waals surface area contributed by atoms with Gasteiger partial charge in [-0.15, -0.1) is 0 Å². The number of nitrogens with two attached hydrogens (primary N) is 1. The Hall–Kier alpha value is -2.05. The highest BCUT2D eigenvalue weighted by Crippen LogP contribution is 2.32. The molecule has 2 aromatic carbocycles. The molecule has 0 fully saturated rings. The van der Waals surface area contributed by atoms with Gasteiger partial charge in [0.2, 0.25) is 10.0 Å². The van der Waals surface area contributed by atoms with E-state index in [1.807, 2.05) is 38.1 Å². The van der Waals surface area contributed by atoms with Crippen molar-refractivity contribution in [2.24, 2.45) is 5.14 Å². The molecule has 0 aromatic heterocycles. The maximum atomic E-state index is 11.5. The van der Waals surface area contributed by atoms with Crippen LogP contribution in [0.25, 0.3) is 0 Å². The Kier molecular flexibility index (Phi) is 4.51. The van der Waals surface area contributed by atoms with Gasteiger partial charge in [-0.1, -0.05) is 18.2 Å². The van der Waals surface area contributed by atoms with E-state index in [2.05, 4.69) is 11.0 Å². The molecule has 5 nitrogen and oxygen atoms in total. The third-order valence-electron chi connectivity index (χ3n) is 4.07. The van der Waals surface area contributed by atoms with Crippen molar-refractivity contribution in [1.29, 1.82) is 0 Å². The molecule has 0 bridgehead atoms. The van der Waals surface area contributed by atoms with Crippen LogP contribution in [0.1, 0.15) is 25.0 Å². The van der Waals surface area contributed by atoms with Crippen molar-refractivity contribution in [2.45, 2.75) is 37.8 Å². The number of ether oxygens (including phenoxy) is 1. The molecular weight excluding hydrogens is 324 g/mol. The molecule has 128 valence electrons. The van der Waals surface area contributed by atoms with E-state index in [4.69, 9.17) is 9.88 Å². The fourth-order valence-electron chi connectivity index (χ4n) is 3.00. The van der Waals surface area contributed by atoms with Gasteiger partial charge in [0.1, 0.15) is 5.75 Å². The number of primary sulfonamides is 1. The molecule has 1 aliphatic rings. The zero-order valence-electron chi connectivity index (χ0n) is 13.9. The van der Waals surface area contributed by atoms with Gasteiger partial charge in [-0.2, -0.15) is 0 Å². The van der Waals surface area contributed by atoms with Gasteiger partial charge in [-0.25, -0.2) is 13.6 Å². The van der Waals surface area contributed by atoms with E-state index in [0.29, 0.717) is 0 Å². The van der Waals surface area contributed by atoms with E-state index < -0.39 is 10.0 Å². The van der Waals surface area contributed by atoms with Gasteiger partial charge in [0.05, 0.1) is 11.0 Å². The molecule has 24 heavy (non-hydrogen) atoms. The summed E-state index contributed by atoms with van der Waals surface area (Å²) in [4.78, 5) is 2.41. The number of hydrogen-bond acceptors (Lipinski definition) is 4. The van der Waals surface area contributed by atoms with E-state index in [9.17, 15) is 8.42 Å². The summed E-state index contributed by atoms with van der Waals surface area (Å²) in [6, 6.07) is 13.1. The molecule has 2 N–H and O–H groups in total. The Morgan fingerprint density at radius 3 is 2.67 bits per heavy atom. The van der Waals surface area contributed by atoms with Crippen LogP contribution in [0, 0.1) is 0 Å². The Morgan fingerprint density at radius 1 is 1.21 bits per heavy atom. The highest BCUT2D eigenvalue weighted by Gasteiger charge is 2.22.